The number of ether oxygens (including phenoxy) is 2. The third-order valence-electron chi connectivity index (χ3n) is 10.4. The Morgan fingerprint density at radius 3 is 1.26 bits per heavy atom. The van der Waals surface area contributed by atoms with Crippen LogP contribution < -0.4 is 0 Å². The van der Waals surface area contributed by atoms with Crippen molar-refractivity contribution in [3.63, 3.8) is 0 Å². The highest BCUT2D eigenvalue weighted by Crippen LogP contribution is 2.43. The highest BCUT2D eigenvalue weighted by molar-refractivity contribution is 7.47. The summed E-state index contributed by atoms with van der Waals surface area (Å²) in [4.78, 5) is 35.1. The van der Waals surface area contributed by atoms with Crippen molar-refractivity contribution in [3.05, 3.63) is 12.2 Å². The summed E-state index contributed by atoms with van der Waals surface area (Å²) in [6, 6.07) is 0. The van der Waals surface area contributed by atoms with Crippen molar-refractivity contribution in [1.82, 2.24) is 0 Å². The fourth-order valence-corrected chi connectivity index (χ4v) is 7.54. The van der Waals surface area contributed by atoms with Gasteiger partial charge in [-0.3, -0.25) is 18.6 Å². The zero-order valence-corrected chi connectivity index (χ0v) is 37.7. The zero-order chi connectivity index (χ0) is 41.9. The van der Waals surface area contributed by atoms with Gasteiger partial charge in [0, 0.05) is 12.8 Å². The number of aliphatic hydroxyl groups is 2. The maximum atomic E-state index is 12.6. The quantitative estimate of drug-likeness (QED) is 0.0234. The van der Waals surface area contributed by atoms with E-state index in [-0.39, 0.29) is 19.4 Å². The smallest absolute Gasteiger partial charge is 0.462 e. The molecule has 0 saturated carbocycles. The van der Waals surface area contributed by atoms with Crippen LogP contribution in [0.25, 0.3) is 0 Å². The fraction of sp³-hybridized carbons (Fsp3) is 0.913. The van der Waals surface area contributed by atoms with E-state index in [1.54, 1.807) is 0 Å². The molecule has 3 atom stereocenters. The molecule has 1 unspecified atom stereocenters. The Balaban J connectivity index is 4.20. The van der Waals surface area contributed by atoms with E-state index in [1.807, 2.05) is 0 Å². The van der Waals surface area contributed by atoms with Crippen molar-refractivity contribution in [1.29, 1.82) is 0 Å². The Morgan fingerprint density at radius 2 is 0.860 bits per heavy atom. The second-order valence-corrected chi connectivity index (χ2v) is 17.6. The van der Waals surface area contributed by atoms with Gasteiger partial charge in [-0.15, -0.1) is 0 Å². The molecule has 0 aliphatic rings. The van der Waals surface area contributed by atoms with E-state index in [1.165, 1.54) is 135 Å². The minimum Gasteiger partial charge on any atom is -0.462 e. The summed E-state index contributed by atoms with van der Waals surface area (Å²) in [5.74, 6) is -0.921. The monoisotopic (exact) mass is 833 g/mol. The Morgan fingerprint density at radius 1 is 0.509 bits per heavy atom. The average molecular weight is 833 g/mol. The van der Waals surface area contributed by atoms with Crippen LogP contribution in [0.5, 0.6) is 0 Å². The Hall–Kier alpha value is -1.29. The summed E-state index contributed by atoms with van der Waals surface area (Å²) in [6.07, 6.45) is 41.8. The van der Waals surface area contributed by atoms with Crippen molar-refractivity contribution in [3.8, 4) is 0 Å². The van der Waals surface area contributed by atoms with Crippen LogP contribution in [-0.4, -0.2) is 65.7 Å². The first-order valence-electron chi connectivity index (χ1n) is 23.6. The van der Waals surface area contributed by atoms with Gasteiger partial charge < -0.3 is 24.6 Å². The number of esters is 2. The summed E-state index contributed by atoms with van der Waals surface area (Å²) >= 11 is 0. The molecule has 0 aromatic carbocycles. The van der Waals surface area contributed by atoms with Gasteiger partial charge in [0.1, 0.15) is 12.7 Å². The van der Waals surface area contributed by atoms with Crippen LogP contribution in [0.4, 0.5) is 0 Å². The first-order valence-corrected chi connectivity index (χ1v) is 25.1. The zero-order valence-electron chi connectivity index (χ0n) is 36.8. The second-order valence-electron chi connectivity index (χ2n) is 16.1. The van der Waals surface area contributed by atoms with E-state index < -0.39 is 51.8 Å². The third-order valence-corrected chi connectivity index (χ3v) is 11.4. The lowest BCUT2D eigenvalue weighted by atomic mass is 10.0. The van der Waals surface area contributed by atoms with E-state index in [0.29, 0.717) is 12.8 Å². The molecule has 0 radical (unpaired) electrons. The molecule has 0 heterocycles. The summed E-state index contributed by atoms with van der Waals surface area (Å²) in [5.41, 5.74) is 0. The van der Waals surface area contributed by atoms with Crippen LogP contribution in [-0.2, 0) is 32.7 Å². The summed E-state index contributed by atoms with van der Waals surface area (Å²) in [6.45, 7) is 2.41. The molecule has 0 aliphatic heterocycles. The van der Waals surface area contributed by atoms with Gasteiger partial charge in [0.15, 0.2) is 6.10 Å². The normalized spacial score (nSPS) is 13.8. The predicted octanol–water partition coefficient (Wildman–Crippen LogP) is 12.8. The topological polar surface area (TPSA) is 149 Å². The lowest BCUT2D eigenvalue weighted by Gasteiger charge is -2.20. The van der Waals surface area contributed by atoms with Gasteiger partial charge >= 0.3 is 19.8 Å². The van der Waals surface area contributed by atoms with Gasteiger partial charge in [-0.25, -0.2) is 4.57 Å². The maximum absolute atomic E-state index is 12.6. The fourth-order valence-electron chi connectivity index (χ4n) is 6.75. The molecular formula is C46H89O10P. The number of carbonyl (C=O) groups excluding carboxylic acids is 2. The molecule has 0 rings (SSSR count). The molecule has 0 aromatic heterocycles. The molecular weight excluding hydrogens is 743 g/mol. The van der Waals surface area contributed by atoms with Crippen LogP contribution >= 0.6 is 7.82 Å². The average Bonchev–Trinajstić information content (AvgIpc) is 3.20. The van der Waals surface area contributed by atoms with Crippen molar-refractivity contribution < 1.29 is 47.8 Å². The van der Waals surface area contributed by atoms with Crippen molar-refractivity contribution in [2.24, 2.45) is 0 Å². The minimum atomic E-state index is -4.62. The third kappa shape index (κ3) is 42.6. The number of carbonyl (C=O) groups is 2. The predicted molar refractivity (Wildman–Crippen MR) is 233 cm³/mol. The van der Waals surface area contributed by atoms with E-state index in [4.69, 9.17) is 23.6 Å². The van der Waals surface area contributed by atoms with Gasteiger partial charge in [-0.2, -0.15) is 0 Å². The molecule has 11 heteroatoms. The van der Waals surface area contributed by atoms with Gasteiger partial charge in [0.2, 0.25) is 0 Å². The Labute approximate surface area is 349 Å². The van der Waals surface area contributed by atoms with E-state index in [2.05, 4.69) is 26.0 Å². The second kappa shape index (κ2) is 42.8. The molecule has 0 bridgehead atoms. The van der Waals surface area contributed by atoms with Crippen molar-refractivity contribution >= 4 is 19.8 Å². The molecule has 0 aliphatic carbocycles. The lowest BCUT2D eigenvalue weighted by molar-refractivity contribution is -0.161. The van der Waals surface area contributed by atoms with Crippen molar-refractivity contribution in [2.45, 2.75) is 244 Å². The molecule has 0 saturated heterocycles. The van der Waals surface area contributed by atoms with Crippen LogP contribution in [0.2, 0.25) is 0 Å². The molecule has 0 fully saturated rings. The lowest BCUT2D eigenvalue weighted by Crippen LogP contribution is -2.29. The molecule has 57 heavy (non-hydrogen) atoms. The van der Waals surface area contributed by atoms with Gasteiger partial charge in [0.25, 0.3) is 0 Å². The van der Waals surface area contributed by atoms with Gasteiger partial charge in [0.05, 0.1) is 19.8 Å². The van der Waals surface area contributed by atoms with E-state index >= 15 is 0 Å². The highest BCUT2D eigenvalue weighted by Gasteiger charge is 2.27. The van der Waals surface area contributed by atoms with Crippen LogP contribution in [0.1, 0.15) is 232 Å². The van der Waals surface area contributed by atoms with Gasteiger partial charge in [-0.1, -0.05) is 193 Å². The van der Waals surface area contributed by atoms with Crippen LogP contribution in [0, 0.1) is 0 Å². The number of hydrogen-bond donors (Lipinski definition) is 3. The first kappa shape index (κ1) is 55.7. The number of phosphoric ester groups is 1. The molecule has 0 spiro atoms. The van der Waals surface area contributed by atoms with Gasteiger partial charge in [-0.05, 0) is 38.5 Å². The molecule has 0 aromatic rings. The van der Waals surface area contributed by atoms with E-state index in [0.717, 1.165) is 57.8 Å². The Bertz CT molecular complexity index is 961. The first-order chi connectivity index (χ1) is 27.7. The van der Waals surface area contributed by atoms with Crippen molar-refractivity contribution in [2.75, 3.05) is 26.4 Å². The summed E-state index contributed by atoms with van der Waals surface area (Å²) in [7, 11) is -4.62. The number of aliphatic hydroxyl groups excluding tert-OH is 2. The Kier molecular flexibility index (Phi) is 41.9. The summed E-state index contributed by atoms with van der Waals surface area (Å²) < 4.78 is 32.8. The van der Waals surface area contributed by atoms with Crippen LogP contribution in [0.15, 0.2) is 12.2 Å². The SMILES string of the molecule is CCCCCCCC/C=C\CCCCCCCC(=O)O[C@H](COC(=O)CCCCCCCCCCCCCCCCCCCCC)COP(=O)(O)OC[C@@H](O)CO. The number of hydrogen-bond acceptors (Lipinski definition) is 9. The summed E-state index contributed by atoms with van der Waals surface area (Å²) in [5, 5.41) is 18.4. The largest absolute Gasteiger partial charge is 0.472 e. The number of phosphoric acid groups is 1. The molecule has 338 valence electrons. The molecule has 3 N–H and O–H groups in total. The molecule has 10 nitrogen and oxygen atoms in total. The standard InChI is InChI=1S/C46H89O10P/c1-3-5-7-9-11-13-15-17-19-20-21-22-24-25-27-29-31-33-35-37-45(49)53-41-44(42-55-57(51,52)54-40-43(48)39-47)56-46(50)38-36-34-32-30-28-26-23-18-16-14-12-10-8-6-4-2/h18,23,43-44,47-48H,3-17,19-22,24-42H2,1-2H3,(H,51,52)/b23-18-/t43-,44+/m0/s1. The number of unbranched alkanes of at least 4 members (excludes halogenated alkanes) is 29. The highest BCUT2D eigenvalue weighted by atomic mass is 31.2. The number of rotatable bonds is 45. The maximum Gasteiger partial charge on any atom is 0.472 e. The molecule has 0 amide bonds. The minimum absolute atomic E-state index is 0.179. The van der Waals surface area contributed by atoms with Crippen LogP contribution in [0.3, 0.4) is 0 Å². The number of allylic oxidation sites excluding steroid dienone is 2. The van der Waals surface area contributed by atoms with E-state index in [9.17, 15) is 24.2 Å².